The maximum atomic E-state index is 11.7. The minimum absolute atomic E-state index is 0.0859. The maximum Gasteiger partial charge on any atom is 0.310 e. The number of carbonyl (C=O) groups is 2. The molecule has 6 nitrogen and oxygen atoms in total. The Bertz CT molecular complexity index is 546. The smallest absolute Gasteiger partial charge is 0.310 e. The third-order valence-corrected chi connectivity index (χ3v) is 4.48. The zero-order chi connectivity index (χ0) is 15.8. The van der Waals surface area contributed by atoms with Crippen molar-refractivity contribution in [3.63, 3.8) is 0 Å². The summed E-state index contributed by atoms with van der Waals surface area (Å²) in [5.74, 6) is -5.08. The van der Waals surface area contributed by atoms with Crippen molar-refractivity contribution < 1.29 is 24.9 Å². The van der Waals surface area contributed by atoms with Gasteiger partial charge in [-0.1, -0.05) is 30.3 Å². The largest absolute Gasteiger partial charge is 0.481 e. The van der Waals surface area contributed by atoms with Crippen LogP contribution >= 0.6 is 0 Å². The summed E-state index contributed by atoms with van der Waals surface area (Å²) in [5, 5.41) is 30.0. The summed E-state index contributed by atoms with van der Waals surface area (Å²) in [6, 6.07) is 7.90. The van der Waals surface area contributed by atoms with Crippen LogP contribution in [0.5, 0.6) is 0 Å². The van der Waals surface area contributed by atoms with Crippen molar-refractivity contribution in [2.45, 2.75) is 18.6 Å². The average molecular weight is 293 g/mol. The third kappa shape index (κ3) is 2.41. The minimum Gasteiger partial charge on any atom is -0.481 e. The van der Waals surface area contributed by atoms with Crippen molar-refractivity contribution in [1.82, 2.24) is 4.90 Å². The van der Waals surface area contributed by atoms with E-state index in [1.807, 2.05) is 0 Å². The van der Waals surface area contributed by atoms with Gasteiger partial charge < -0.3 is 15.3 Å². The highest BCUT2D eigenvalue weighted by molar-refractivity contribution is 5.82. The Kier molecular flexibility index (Phi) is 4.02. The molecule has 114 valence electrons. The average Bonchev–Trinajstić information content (AvgIpc) is 2.44. The van der Waals surface area contributed by atoms with Gasteiger partial charge in [-0.3, -0.25) is 14.5 Å². The number of aliphatic carboxylic acids is 2. The van der Waals surface area contributed by atoms with E-state index in [4.69, 9.17) is 0 Å². The number of carboxylic acid groups (broad SMARTS) is 2. The highest BCUT2D eigenvalue weighted by atomic mass is 16.4. The van der Waals surface area contributed by atoms with Gasteiger partial charge in [0.15, 0.2) is 0 Å². The summed E-state index contributed by atoms with van der Waals surface area (Å²) in [7, 11) is 1.69. The molecule has 0 radical (unpaired) electrons. The molecule has 21 heavy (non-hydrogen) atoms. The molecule has 0 saturated carbocycles. The normalized spacial score (nSPS) is 33.6. The SMILES string of the molecule is CC1N(C)C[C@@H](C(=O)O)[C@H](C(=O)O)[C@@]1(O)c1ccccc1. The number of nitrogens with zero attached hydrogens (tertiary/aromatic N) is 1. The Hall–Kier alpha value is -1.92. The summed E-state index contributed by atoms with van der Waals surface area (Å²) < 4.78 is 0. The van der Waals surface area contributed by atoms with Crippen LogP contribution in [-0.4, -0.2) is 51.8 Å². The van der Waals surface area contributed by atoms with Crippen molar-refractivity contribution in [1.29, 1.82) is 0 Å². The van der Waals surface area contributed by atoms with Gasteiger partial charge in [-0.05, 0) is 19.5 Å². The van der Waals surface area contributed by atoms with Gasteiger partial charge in [0.2, 0.25) is 0 Å². The Morgan fingerprint density at radius 2 is 1.76 bits per heavy atom. The molecule has 1 heterocycles. The number of hydrogen-bond acceptors (Lipinski definition) is 4. The Morgan fingerprint density at radius 3 is 2.24 bits per heavy atom. The van der Waals surface area contributed by atoms with Crippen molar-refractivity contribution in [3.05, 3.63) is 35.9 Å². The first-order valence-corrected chi connectivity index (χ1v) is 6.74. The van der Waals surface area contributed by atoms with Crippen LogP contribution in [0.15, 0.2) is 30.3 Å². The molecule has 4 atom stereocenters. The lowest BCUT2D eigenvalue weighted by Crippen LogP contribution is -2.63. The van der Waals surface area contributed by atoms with E-state index in [9.17, 15) is 24.9 Å². The third-order valence-electron chi connectivity index (χ3n) is 4.48. The molecule has 0 aliphatic carbocycles. The van der Waals surface area contributed by atoms with Gasteiger partial charge in [0, 0.05) is 12.6 Å². The van der Waals surface area contributed by atoms with Crippen LogP contribution in [0.2, 0.25) is 0 Å². The van der Waals surface area contributed by atoms with Gasteiger partial charge in [-0.15, -0.1) is 0 Å². The Balaban J connectivity index is 2.61. The fourth-order valence-corrected chi connectivity index (χ4v) is 3.18. The molecule has 0 aromatic heterocycles. The number of hydrogen-bond donors (Lipinski definition) is 3. The zero-order valence-electron chi connectivity index (χ0n) is 11.9. The van der Waals surface area contributed by atoms with Crippen molar-refractivity contribution in [3.8, 4) is 0 Å². The van der Waals surface area contributed by atoms with Gasteiger partial charge in [-0.2, -0.15) is 0 Å². The van der Waals surface area contributed by atoms with Crippen LogP contribution in [0.25, 0.3) is 0 Å². The van der Waals surface area contributed by atoms with E-state index in [1.54, 1.807) is 49.2 Å². The topological polar surface area (TPSA) is 98.1 Å². The molecule has 0 spiro atoms. The molecular formula is C15H19NO5. The number of piperidine rings is 1. The van der Waals surface area contributed by atoms with E-state index in [-0.39, 0.29) is 6.54 Å². The van der Waals surface area contributed by atoms with Gasteiger partial charge in [0.25, 0.3) is 0 Å². The van der Waals surface area contributed by atoms with E-state index in [2.05, 4.69) is 0 Å². The van der Waals surface area contributed by atoms with Crippen LogP contribution < -0.4 is 0 Å². The molecule has 2 rings (SSSR count). The molecule has 1 aliphatic heterocycles. The molecule has 0 amide bonds. The number of likely N-dealkylation sites (tertiary alicyclic amines) is 1. The molecule has 1 saturated heterocycles. The zero-order valence-corrected chi connectivity index (χ0v) is 11.9. The molecule has 1 aromatic rings. The fourth-order valence-electron chi connectivity index (χ4n) is 3.18. The second-order valence-electron chi connectivity index (χ2n) is 5.57. The quantitative estimate of drug-likeness (QED) is 0.755. The second-order valence-corrected chi connectivity index (χ2v) is 5.57. The Morgan fingerprint density at radius 1 is 1.19 bits per heavy atom. The van der Waals surface area contributed by atoms with Crippen molar-refractivity contribution in [2.24, 2.45) is 11.8 Å². The summed E-state index contributed by atoms with van der Waals surface area (Å²) >= 11 is 0. The first-order valence-electron chi connectivity index (χ1n) is 6.74. The molecule has 0 bridgehead atoms. The monoisotopic (exact) mass is 293 g/mol. The first-order chi connectivity index (χ1) is 9.80. The van der Waals surface area contributed by atoms with Gasteiger partial charge in [0.05, 0.1) is 5.92 Å². The summed E-state index contributed by atoms with van der Waals surface area (Å²) in [6.07, 6.45) is 0. The van der Waals surface area contributed by atoms with E-state index in [1.165, 1.54) is 0 Å². The lowest BCUT2D eigenvalue weighted by atomic mass is 9.67. The van der Waals surface area contributed by atoms with E-state index >= 15 is 0 Å². The Labute approximate surface area is 122 Å². The molecule has 1 fully saturated rings. The minimum atomic E-state index is -1.76. The number of likely N-dealkylation sites (N-methyl/N-ethyl adjacent to an activating group) is 1. The summed E-state index contributed by atoms with van der Waals surface area (Å²) in [5.41, 5.74) is -1.34. The standard InChI is InChI=1S/C15H19NO5/c1-9-15(21,10-6-4-3-5-7-10)12(14(19)20)11(13(17)18)8-16(9)2/h3-7,9,11-12,21H,8H2,1-2H3,(H,17,18)(H,19,20)/t9?,11-,12-,15+/m1/s1. The maximum absolute atomic E-state index is 11.7. The van der Waals surface area contributed by atoms with Crippen LogP contribution in [0.4, 0.5) is 0 Å². The van der Waals surface area contributed by atoms with E-state index in [0.717, 1.165) is 0 Å². The lowest BCUT2D eigenvalue weighted by molar-refractivity contribution is -0.188. The summed E-state index contributed by atoms with van der Waals surface area (Å²) in [4.78, 5) is 24.8. The lowest BCUT2D eigenvalue weighted by Gasteiger charge is -2.50. The highest BCUT2D eigenvalue weighted by Gasteiger charge is 2.57. The van der Waals surface area contributed by atoms with Gasteiger partial charge >= 0.3 is 11.9 Å². The molecule has 1 aromatic carbocycles. The van der Waals surface area contributed by atoms with Gasteiger partial charge in [-0.25, -0.2) is 0 Å². The molecule has 6 heteroatoms. The van der Waals surface area contributed by atoms with Crippen LogP contribution in [-0.2, 0) is 15.2 Å². The fraction of sp³-hybridized carbons (Fsp3) is 0.467. The van der Waals surface area contributed by atoms with Crippen LogP contribution in [0.3, 0.4) is 0 Å². The van der Waals surface area contributed by atoms with E-state index in [0.29, 0.717) is 5.56 Å². The van der Waals surface area contributed by atoms with Crippen LogP contribution in [0, 0.1) is 11.8 Å². The van der Waals surface area contributed by atoms with Crippen LogP contribution in [0.1, 0.15) is 12.5 Å². The molecular weight excluding hydrogens is 274 g/mol. The number of benzene rings is 1. The van der Waals surface area contributed by atoms with Crippen molar-refractivity contribution in [2.75, 3.05) is 13.6 Å². The predicted molar refractivity (Wildman–Crippen MR) is 74.7 cm³/mol. The van der Waals surface area contributed by atoms with Crippen molar-refractivity contribution >= 4 is 11.9 Å². The number of rotatable bonds is 3. The first kappa shape index (κ1) is 15.5. The highest BCUT2D eigenvalue weighted by Crippen LogP contribution is 2.43. The summed E-state index contributed by atoms with van der Waals surface area (Å²) in [6.45, 7) is 1.80. The molecule has 1 aliphatic rings. The number of aliphatic hydroxyl groups is 1. The molecule has 1 unspecified atom stereocenters. The predicted octanol–water partition coefficient (Wildman–Crippen LogP) is 0.610. The second kappa shape index (κ2) is 5.46. The molecule has 3 N–H and O–H groups in total. The van der Waals surface area contributed by atoms with Gasteiger partial charge in [0.1, 0.15) is 11.5 Å². The number of carboxylic acids is 2. The van der Waals surface area contributed by atoms with E-state index < -0.39 is 35.4 Å².